The van der Waals surface area contributed by atoms with Gasteiger partial charge in [0.15, 0.2) is 11.5 Å². The second-order valence-electron chi connectivity index (χ2n) is 6.19. The molecule has 0 radical (unpaired) electrons. The number of carboxylic acid groups (broad SMARTS) is 1. The van der Waals surface area contributed by atoms with Crippen molar-refractivity contribution in [2.75, 3.05) is 5.32 Å². The third-order valence-corrected chi connectivity index (χ3v) is 3.07. The molecule has 1 aromatic carbocycles. The van der Waals surface area contributed by atoms with Gasteiger partial charge < -0.3 is 10.4 Å². The highest BCUT2D eigenvalue weighted by atomic mass is 16.4. The van der Waals surface area contributed by atoms with Crippen molar-refractivity contribution in [3.63, 3.8) is 0 Å². The molecule has 0 bridgehead atoms. The number of nitrogens with one attached hydrogen (secondary N) is 1. The molecule has 0 aliphatic heterocycles. The lowest BCUT2D eigenvalue weighted by Crippen LogP contribution is -2.27. The highest BCUT2D eigenvalue weighted by Gasteiger charge is 2.16. The van der Waals surface area contributed by atoms with Crippen LogP contribution in [-0.2, 0) is 6.42 Å². The topological polar surface area (TPSA) is 75.1 Å². The molecule has 1 heterocycles. The van der Waals surface area contributed by atoms with Gasteiger partial charge in [0.05, 0.1) is 0 Å². The summed E-state index contributed by atoms with van der Waals surface area (Å²) in [5.74, 6) is -0.144. The Hall–Kier alpha value is -2.43. The monoisotopic (exact) mass is 299 g/mol. The molecule has 2 N–H and O–H groups in total. The number of aromatic carboxylic acids is 1. The molecule has 0 spiro atoms. The Morgan fingerprint density at radius 1 is 1.18 bits per heavy atom. The fourth-order valence-corrected chi connectivity index (χ4v) is 2.02. The average Bonchev–Trinajstić information content (AvgIpc) is 2.45. The molecular formula is C17H21N3O2. The van der Waals surface area contributed by atoms with Crippen molar-refractivity contribution in [1.29, 1.82) is 0 Å². The first-order valence-corrected chi connectivity index (χ1v) is 7.28. The summed E-state index contributed by atoms with van der Waals surface area (Å²) >= 11 is 0. The fraction of sp³-hybridized carbons (Fsp3) is 0.353. The minimum absolute atomic E-state index is 0.0173. The van der Waals surface area contributed by atoms with Gasteiger partial charge in [-0.3, -0.25) is 0 Å². The van der Waals surface area contributed by atoms with Gasteiger partial charge in [-0.05, 0) is 32.8 Å². The molecule has 0 aliphatic carbocycles. The van der Waals surface area contributed by atoms with Crippen LogP contribution in [0.25, 0.3) is 11.4 Å². The van der Waals surface area contributed by atoms with Gasteiger partial charge in [-0.1, -0.05) is 31.2 Å². The zero-order chi connectivity index (χ0) is 16.3. The number of hydrogen-bond acceptors (Lipinski definition) is 4. The summed E-state index contributed by atoms with van der Waals surface area (Å²) in [4.78, 5) is 19.9. The van der Waals surface area contributed by atoms with Crippen molar-refractivity contribution in [3.8, 4) is 11.4 Å². The lowest BCUT2D eigenvalue weighted by atomic mass is 10.1. The Morgan fingerprint density at radius 2 is 1.82 bits per heavy atom. The van der Waals surface area contributed by atoms with Crippen LogP contribution in [0.15, 0.2) is 30.3 Å². The van der Waals surface area contributed by atoms with Crippen LogP contribution < -0.4 is 5.32 Å². The van der Waals surface area contributed by atoms with Crippen LogP contribution >= 0.6 is 0 Å². The maximum Gasteiger partial charge on any atom is 0.354 e. The first kappa shape index (κ1) is 15.9. The van der Waals surface area contributed by atoms with Crippen LogP contribution in [0.3, 0.4) is 0 Å². The van der Waals surface area contributed by atoms with E-state index < -0.39 is 5.97 Å². The largest absolute Gasteiger partial charge is 0.477 e. The Labute approximate surface area is 130 Å². The van der Waals surface area contributed by atoms with Gasteiger partial charge in [0.1, 0.15) is 5.82 Å². The average molecular weight is 299 g/mol. The number of hydrogen-bond donors (Lipinski definition) is 2. The van der Waals surface area contributed by atoms with Gasteiger partial charge in [0.25, 0.3) is 0 Å². The molecule has 5 nitrogen and oxygen atoms in total. The molecule has 2 rings (SSSR count). The number of rotatable bonds is 4. The molecule has 1 aromatic heterocycles. The molecule has 22 heavy (non-hydrogen) atoms. The molecule has 0 fully saturated rings. The Balaban J connectivity index is 2.46. The molecule has 5 heteroatoms. The first-order chi connectivity index (χ1) is 10.3. The molecule has 0 unspecified atom stereocenters. The van der Waals surface area contributed by atoms with Crippen LogP contribution in [-0.4, -0.2) is 26.6 Å². The Bertz CT molecular complexity index is 673. The molecular weight excluding hydrogens is 278 g/mol. The molecule has 116 valence electrons. The molecule has 2 aromatic rings. The van der Waals surface area contributed by atoms with E-state index >= 15 is 0 Å². The van der Waals surface area contributed by atoms with Crippen molar-refractivity contribution in [1.82, 2.24) is 9.97 Å². The van der Waals surface area contributed by atoms with Gasteiger partial charge in [-0.2, -0.15) is 0 Å². The van der Waals surface area contributed by atoms with E-state index in [-0.39, 0.29) is 11.2 Å². The van der Waals surface area contributed by atoms with Gasteiger partial charge in [-0.25, -0.2) is 14.8 Å². The highest BCUT2D eigenvalue weighted by molar-refractivity contribution is 5.87. The number of carbonyl (C=O) groups is 1. The van der Waals surface area contributed by atoms with E-state index in [0.29, 0.717) is 11.6 Å². The summed E-state index contributed by atoms with van der Waals surface area (Å²) in [6, 6.07) is 9.30. The maximum absolute atomic E-state index is 11.3. The normalized spacial score (nSPS) is 11.3. The van der Waals surface area contributed by atoms with Crippen LogP contribution in [0.5, 0.6) is 0 Å². The van der Waals surface area contributed by atoms with Crippen LogP contribution in [0.2, 0.25) is 0 Å². The minimum Gasteiger partial charge on any atom is -0.477 e. The fourth-order valence-electron chi connectivity index (χ4n) is 2.02. The zero-order valence-corrected chi connectivity index (χ0v) is 13.3. The van der Waals surface area contributed by atoms with Gasteiger partial charge in [-0.15, -0.1) is 0 Å². The quantitative estimate of drug-likeness (QED) is 0.902. The van der Waals surface area contributed by atoms with E-state index in [9.17, 15) is 9.90 Å². The number of aromatic nitrogens is 2. The summed E-state index contributed by atoms with van der Waals surface area (Å²) in [6.45, 7) is 8.06. The van der Waals surface area contributed by atoms with Gasteiger partial charge in [0.2, 0.25) is 0 Å². The Kier molecular flexibility index (Phi) is 4.45. The number of benzene rings is 1. The molecule has 0 atom stereocenters. The molecule has 0 amide bonds. The summed E-state index contributed by atoms with van der Waals surface area (Å²) in [7, 11) is 0. The third-order valence-electron chi connectivity index (χ3n) is 3.07. The lowest BCUT2D eigenvalue weighted by molar-refractivity contribution is 0.0690. The maximum atomic E-state index is 11.3. The second-order valence-corrected chi connectivity index (χ2v) is 6.19. The molecule has 0 saturated heterocycles. The summed E-state index contributed by atoms with van der Waals surface area (Å²) in [5.41, 5.74) is 1.78. The van der Waals surface area contributed by atoms with Crippen molar-refractivity contribution < 1.29 is 9.90 Å². The van der Waals surface area contributed by atoms with Crippen LogP contribution in [0, 0.1) is 0 Å². The number of carboxylic acids is 1. The van der Waals surface area contributed by atoms with E-state index in [1.165, 1.54) is 11.6 Å². The lowest BCUT2D eigenvalue weighted by Gasteiger charge is -2.21. The zero-order valence-electron chi connectivity index (χ0n) is 13.3. The smallest absolute Gasteiger partial charge is 0.354 e. The van der Waals surface area contributed by atoms with Crippen molar-refractivity contribution >= 4 is 11.8 Å². The van der Waals surface area contributed by atoms with Crippen LogP contribution in [0.4, 0.5) is 5.82 Å². The number of nitrogens with zero attached hydrogens (tertiary/aromatic N) is 2. The summed E-state index contributed by atoms with van der Waals surface area (Å²) < 4.78 is 0. The van der Waals surface area contributed by atoms with E-state index in [4.69, 9.17) is 0 Å². The molecule has 0 saturated carbocycles. The van der Waals surface area contributed by atoms with Gasteiger partial charge in [0, 0.05) is 17.2 Å². The summed E-state index contributed by atoms with van der Waals surface area (Å²) in [6.07, 6.45) is 0.952. The number of aryl methyl sites for hydroxylation is 1. The second kappa shape index (κ2) is 6.13. The van der Waals surface area contributed by atoms with Crippen molar-refractivity contribution in [2.24, 2.45) is 0 Å². The SMILES string of the molecule is CCc1ccc(-c2nc(NC(C)(C)C)cc(C(=O)O)n2)cc1. The highest BCUT2D eigenvalue weighted by Crippen LogP contribution is 2.21. The minimum atomic E-state index is -1.06. The number of anilines is 1. The van der Waals surface area contributed by atoms with E-state index in [1.54, 1.807) is 0 Å². The Morgan fingerprint density at radius 3 is 2.32 bits per heavy atom. The van der Waals surface area contributed by atoms with E-state index in [2.05, 4.69) is 22.2 Å². The third kappa shape index (κ3) is 4.04. The predicted octanol–water partition coefficient (Wildman–Crippen LogP) is 3.61. The predicted molar refractivity (Wildman–Crippen MR) is 87.2 cm³/mol. The first-order valence-electron chi connectivity index (χ1n) is 7.28. The standard InChI is InChI=1S/C17H21N3O2/c1-5-11-6-8-12(9-7-11)15-18-13(16(21)22)10-14(19-15)20-17(2,3)4/h6-10H,5H2,1-4H3,(H,21,22)(H,18,19,20). The van der Waals surface area contributed by atoms with Crippen molar-refractivity contribution in [3.05, 3.63) is 41.6 Å². The van der Waals surface area contributed by atoms with Crippen LogP contribution in [0.1, 0.15) is 43.7 Å². The van der Waals surface area contributed by atoms with Gasteiger partial charge >= 0.3 is 5.97 Å². The molecule has 0 aliphatic rings. The van der Waals surface area contributed by atoms with Crippen molar-refractivity contribution in [2.45, 2.75) is 39.7 Å². The van der Waals surface area contributed by atoms with E-state index in [0.717, 1.165) is 12.0 Å². The van der Waals surface area contributed by atoms with E-state index in [1.807, 2.05) is 45.0 Å². The summed E-state index contributed by atoms with van der Waals surface area (Å²) in [5, 5.41) is 12.4.